The van der Waals surface area contributed by atoms with Crippen molar-refractivity contribution in [2.45, 2.75) is 0 Å². The molecule has 0 aliphatic heterocycles. The topological polar surface area (TPSA) is 67.6 Å². The molecule has 0 atom stereocenters. The predicted octanol–water partition coefficient (Wildman–Crippen LogP) is -0.936. The Balaban J connectivity index is 3.64. The molecule has 0 aliphatic carbocycles. The van der Waals surface area contributed by atoms with Crippen molar-refractivity contribution in [3.8, 4) is 0 Å². The van der Waals surface area contributed by atoms with E-state index < -0.39 is 0 Å². The van der Waals surface area contributed by atoms with Gasteiger partial charge in [0, 0.05) is 7.05 Å². The van der Waals surface area contributed by atoms with Crippen LogP contribution in [0.25, 0.3) is 0 Å². The molecule has 0 radical (unpaired) electrons. The Morgan fingerprint density at radius 3 is 2.50 bits per heavy atom. The highest BCUT2D eigenvalue weighted by atomic mass is 32.1. The van der Waals surface area contributed by atoms with Crippen LogP contribution in [0.3, 0.4) is 0 Å². The second kappa shape index (κ2) is 3.20. The van der Waals surface area contributed by atoms with Gasteiger partial charge in [-0.2, -0.15) is 5.10 Å². The average Bonchev–Trinajstić information content (AvgIpc) is 1.67. The van der Waals surface area contributed by atoms with Crippen LogP contribution in [0, 0.1) is 0 Å². The molecule has 0 saturated carbocycles. The van der Waals surface area contributed by atoms with Crippen molar-refractivity contribution in [1.82, 2.24) is 4.90 Å². The van der Waals surface area contributed by atoms with Gasteiger partial charge in [0.05, 0.1) is 0 Å². The summed E-state index contributed by atoms with van der Waals surface area (Å²) in [5.74, 6) is 4.78. The standard InChI is InChI=1S/C3H8N4S/c1-7(2-6-5)3(4)8/h2H,5H2,1H3,(H2,4,8). The van der Waals surface area contributed by atoms with Crippen molar-refractivity contribution in [1.29, 1.82) is 0 Å². The molecule has 8 heavy (non-hydrogen) atoms. The fourth-order valence-corrected chi connectivity index (χ4v) is 0.204. The molecule has 0 fully saturated rings. The fraction of sp³-hybridized carbons (Fsp3) is 0.333. The molecule has 0 aliphatic rings. The Morgan fingerprint density at radius 2 is 2.38 bits per heavy atom. The number of hydrazone groups is 1. The Morgan fingerprint density at radius 1 is 1.88 bits per heavy atom. The first-order chi connectivity index (χ1) is 3.68. The van der Waals surface area contributed by atoms with Gasteiger partial charge >= 0.3 is 0 Å². The monoisotopic (exact) mass is 132 g/mol. The van der Waals surface area contributed by atoms with E-state index in [0.717, 1.165) is 0 Å². The maximum Gasteiger partial charge on any atom is 0.171 e. The quantitative estimate of drug-likeness (QED) is 0.159. The first-order valence-electron chi connectivity index (χ1n) is 1.94. The Bertz CT molecular complexity index is 110. The summed E-state index contributed by atoms with van der Waals surface area (Å²) in [6.45, 7) is 0. The van der Waals surface area contributed by atoms with Crippen LogP contribution in [0.5, 0.6) is 0 Å². The van der Waals surface area contributed by atoms with Crippen LogP contribution >= 0.6 is 12.2 Å². The minimum atomic E-state index is 0.249. The third-order valence-corrected chi connectivity index (χ3v) is 0.875. The number of hydrogen-bond acceptors (Lipinski definition) is 3. The summed E-state index contributed by atoms with van der Waals surface area (Å²) in [6, 6.07) is 0. The first kappa shape index (κ1) is 7.16. The molecular weight excluding hydrogens is 124 g/mol. The number of nitrogens with two attached hydrogens (primary N) is 2. The van der Waals surface area contributed by atoms with E-state index in [4.69, 9.17) is 11.6 Å². The van der Waals surface area contributed by atoms with E-state index in [1.54, 1.807) is 7.05 Å². The average molecular weight is 132 g/mol. The first-order valence-corrected chi connectivity index (χ1v) is 2.35. The van der Waals surface area contributed by atoms with Gasteiger partial charge in [0.1, 0.15) is 6.34 Å². The molecule has 4 nitrogen and oxygen atoms in total. The third-order valence-electron chi connectivity index (χ3n) is 0.587. The van der Waals surface area contributed by atoms with Gasteiger partial charge in [0.25, 0.3) is 0 Å². The molecule has 5 heteroatoms. The second-order valence-corrected chi connectivity index (χ2v) is 1.63. The maximum atomic E-state index is 5.13. The van der Waals surface area contributed by atoms with Crippen molar-refractivity contribution in [2.24, 2.45) is 16.7 Å². The SMILES string of the molecule is CN(C=NN)C(N)=S. The summed E-state index contributed by atoms with van der Waals surface area (Å²) in [5.41, 5.74) is 5.13. The number of rotatable bonds is 1. The zero-order chi connectivity index (χ0) is 6.57. The molecule has 0 saturated heterocycles. The second-order valence-electron chi connectivity index (χ2n) is 1.21. The largest absolute Gasteiger partial charge is 0.376 e. The summed E-state index contributed by atoms with van der Waals surface area (Å²) in [5, 5.41) is 3.44. The van der Waals surface area contributed by atoms with Gasteiger partial charge in [-0.25, -0.2) is 0 Å². The van der Waals surface area contributed by atoms with Crippen LogP contribution in [0.15, 0.2) is 5.10 Å². The van der Waals surface area contributed by atoms with E-state index in [2.05, 4.69) is 17.3 Å². The molecule has 0 rings (SSSR count). The van der Waals surface area contributed by atoms with Crippen molar-refractivity contribution in [3.63, 3.8) is 0 Å². The maximum absolute atomic E-state index is 5.13. The van der Waals surface area contributed by atoms with Crippen LogP contribution in [0.4, 0.5) is 0 Å². The minimum absolute atomic E-state index is 0.249. The lowest BCUT2D eigenvalue weighted by Crippen LogP contribution is -2.30. The van der Waals surface area contributed by atoms with Gasteiger partial charge in [-0.3, -0.25) is 0 Å². The van der Waals surface area contributed by atoms with E-state index in [-0.39, 0.29) is 5.11 Å². The molecule has 46 valence electrons. The highest BCUT2D eigenvalue weighted by Gasteiger charge is 1.89. The Hall–Kier alpha value is -0.840. The van der Waals surface area contributed by atoms with Crippen LogP contribution in [-0.2, 0) is 0 Å². The molecule has 0 aromatic carbocycles. The van der Waals surface area contributed by atoms with E-state index in [0.29, 0.717) is 0 Å². The van der Waals surface area contributed by atoms with Gasteiger partial charge in [-0.1, -0.05) is 0 Å². The van der Waals surface area contributed by atoms with Crippen LogP contribution in [-0.4, -0.2) is 23.4 Å². The normalized spacial score (nSPS) is 9.62. The van der Waals surface area contributed by atoms with E-state index in [1.165, 1.54) is 11.2 Å². The molecule has 0 spiro atoms. The highest BCUT2D eigenvalue weighted by Crippen LogP contribution is 1.72. The fourth-order valence-electron chi connectivity index (χ4n) is 0.157. The molecule has 0 bridgehead atoms. The zero-order valence-corrected chi connectivity index (χ0v) is 5.35. The summed E-state index contributed by atoms with van der Waals surface area (Å²) < 4.78 is 0. The number of nitrogens with zero attached hydrogens (tertiary/aromatic N) is 2. The van der Waals surface area contributed by atoms with Crippen molar-refractivity contribution in [3.05, 3.63) is 0 Å². The van der Waals surface area contributed by atoms with Gasteiger partial charge in [-0.05, 0) is 12.2 Å². The molecule has 4 N–H and O–H groups in total. The highest BCUT2D eigenvalue weighted by molar-refractivity contribution is 7.80. The van der Waals surface area contributed by atoms with E-state index >= 15 is 0 Å². The number of thiocarbonyl (C=S) groups is 1. The molecule has 0 aromatic rings. The summed E-state index contributed by atoms with van der Waals surface area (Å²) >= 11 is 4.54. The third kappa shape index (κ3) is 2.35. The summed E-state index contributed by atoms with van der Waals surface area (Å²) in [4.78, 5) is 1.44. The molecule has 0 amide bonds. The van der Waals surface area contributed by atoms with Crippen LogP contribution in [0.2, 0.25) is 0 Å². The van der Waals surface area contributed by atoms with Gasteiger partial charge in [0.2, 0.25) is 0 Å². The van der Waals surface area contributed by atoms with E-state index in [1.807, 2.05) is 0 Å². The van der Waals surface area contributed by atoms with Gasteiger partial charge in [0.15, 0.2) is 5.11 Å². The number of hydrogen-bond donors (Lipinski definition) is 2. The van der Waals surface area contributed by atoms with Gasteiger partial charge in [-0.15, -0.1) is 0 Å². The summed E-state index contributed by atoms with van der Waals surface area (Å²) in [6.07, 6.45) is 1.34. The molecule has 0 unspecified atom stereocenters. The predicted molar refractivity (Wildman–Crippen MR) is 37.2 cm³/mol. The zero-order valence-electron chi connectivity index (χ0n) is 4.53. The van der Waals surface area contributed by atoms with Crippen molar-refractivity contribution in [2.75, 3.05) is 7.05 Å². The van der Waals surface area contributed by atoms with Gasteiger partial charge < -0.3 is 16.5 Å². The Kier molecular flexibility index (Phi) is 2.86. The van der Waals surface area contributed by atoms with E-state index in [9.17, 15) is 0 Å². The van der Waals surface area contributed by atoms with Crippen molar-refractivity contribution >= 4 is 23.7 Å². The molecular formula is C3H8N4S. The Labute approximate surface area is 53.1 Å². The van der Waals surface area contributed by atoms with Crippen LogP contribution < -0.4 is 11.6 Å². The lowest BCUT2D eigenvalue weighted by molar-refractivity contribution is 0.778. The van der Waals surface area contributed by atoms with Crippen LogP contribution in [0.1, 0.15) is 0 Å². The molecule has 0 heterocycles. The summed E-state index contributed by atoms with van der Waals surface area (Å²) in [7, 11) is 1.67. The lowest BCUT2D eigenvalue weighted by atomic mass is 10.9. The minimum Gasteiger partial charge on any atom is -0.376 e. The van der Waals surface area contributed by atoms with Crippen molar-refractivity contribution < 1.29 is 0 Å². The lowest BCUT2D eigenvalue weighted by Gasteiger charge is -2.06. The molecule has 0 aromatic heterocycles. The smallest absolute Gasteiger partial charge is 0.171 e.